The molecule has 0 bridgehead atoms. The van der Waals surface area contributed by atoms with Gasteiger partial charge in [-0.05, 0) is 35.7 Å². The molecule has 0 N–H and O–H groups in total. The van der Waals surface area contributed by atoms with Gasteiger partial charge in [0.1, 0.15) is 0 Å². The van der Waals surface area contributed by atoms with E-state index in [0.29, 0.717) is 0 Å². The Bertz CT molecular complexity index is 1010. The van der Waals surface area contributed by atoms with Gasteiger partial charge in [-0.25, -0.2) is 0 Å². The third-order valence-electron chi connectivity index (χ3n) is 4.46. The zero-order valence-corrected chi connectivity index (χ0v) is 15.9. The zero-order chi connectivity index (χ0) is 18.5. The molecule has 0 saturated carbocycles. The molecule has 0 aliphatic rings. The average Bonchev–Trinajstić information content (AvgIpc) is 3.11. The molecule has 2 heterocycles. The predicted octanol–water partition coefficient (Wildman–Crippen LogP) is 4.99. The quantitative estimate of drug-likeness (QED) is 0.447. The second kappa shape index (κ2) is 8.18. The minimum atomic E-state index is 0.738. The Morgan fingerprint density at radius 3 is 2.37 bits per heavy atom. The minimum Gasteiger partial charge on any atom is -0.298 e. The van der Waals surface area contributed by atoms with E-state index in [-0.39, 0.29) is 0 Å². The van der Waals surface area contributed by atoms with Crippen molar-refractivity contribution in [1.82, 2.24) is 19.7 Å². The molecule has 27 heavy (non-hydrogen) atoms. The second-order valence-corrected chi connectivity index (χ2v) is 7.27. The van der Waals surface area contributed by atoms with E-state index in [1.54, 1.807) is 24.2 Å². The first-order valence-electron chi connectivity index (χ1n) is 8.86. The lowest BCUT2D eigenvalue weighted by Gasteiger charge is -2.11. The van der Waals surface area contributed by atoms with Crippen LogP contribution in [0.15, 0.2) is 84.3 Å². The summed E-state index contributed by atoms with van der Waals surface area (Å²) >= 11 is 1.72. The van der Waals surface area contributed by atoms with Crippen LogP contribution in [0, 0.1) is 6.92 Å². The highest BCUT2D eigenvalue weighted by Gasteiger charge is 2.15. The van der Waals surface area contributed by atoms with Gasteiger partial charge in [-0.1, -0.05) is 66.4 Å². The van der Waals surface area contributed by atoms with Gasteiger partial charge in [0.05, 0.1) is 6.54 Å². The Morgan fingerprint density at radius 2 is 1.59 bits per heavy atom. The number of aromatic nitrogens is 4. The number of pyridine rings is 1. The minimum absolute atomic E-state index is 0.738. The Morgan fingerprint density at radius 1 is 0.852 bits per heavy atom. The molecule has 0 spiro atoms. The first-order chi connectivity index (χ1) is 13.3. The maximum Gasteiger partial charge on any atom is 0.192 e. The summed E-state index contributed by atoms with van der Waals surface area (Å²) in [4.78, 5) is 4.11. The standard InChI is InChI=1S/C22H20N4S/c1-17-7-5-6-10-20(17)16-27-22-25-24-21(19-11-13-23-14-12-19)26(22)15-18-8-3-2-4-9-18/h2-14H,15-16H2,1H3. The molecule has 0 fully saturated rings. The van der Waals surface area contributed by atoms with E-state index in [1.807, 2.05) is 18.2 Å². The first kappa shape index (κ1) is 17.5. The van der Waals surface area contributed by atoms with Crippen molar-refractivity contribution in [2.24, 2.45) is 0 Å². The van der Waals surface area contributed by atoms with Gasteiger partial charge >= 0.3 is 0 Å². The molecular formula is C22H20N4S. The fraction of sp³-hybridized carbons (Fsp3) is 0.136. The molecule has 0 unspecified atom stereocenters. The molecule has 2 aromatic carbocycles. The molecule has 4 nitrogen and oxygen atoms in total. The Hall–Kier alpha value is -2.92. The van der Waals surface area contributed by atoms with Crippen LogP contribution in [0.4, 0.5) is 0 Å². The van der Waals surface area contributed by atoms with Crippen LogP contribution in [-0.4, -0.2) is 19.7 Å². The van der Waals surface area contributed by atoms with Crippen LogP contribution in [0.25, 0.3) is 11.4 Å². The smallest absolute Gasteiger partial charge is 0.192 e. The van der Waals surface area contributed by atoms with Crippen LogP contribution in [0.1, 0.15) is 16.7 Å². The van der Waals surface area contributed by atoms with Crippen LogP contribution >= 0.6 is 11.8 Å². The lowest BCUT2D eigenvalue weighted by molar-refractivity contribution is 0.714. The van der Waals surface area contributed by atoms with E-state index in [2.05, 4.69) is 75.2 Å². The highest BCUT2D eigenvalue weighted by molar-refractivity contribution is 7.98. The van der Waals surface area contributed by atoms with Crippen molar-refractivity contribution in [3.63, 3.8) is 0 Å². The lowest BCUT2D eigenvalue weighted by atomic mass is 10.1. The van der Waals surface area contributed by atoms with Gasteiger partial charge in [0.25, 0.3) is 0 Å². The highest BCUT2D eigenvalue weighted by Crippen LogP contribution is 2.28. The third-order valence-corrected chi connectivity index (χ3v) is 5.47. The van der Waals surface area contributed by atoms with Crippen LogP contribution in [0.3, 0.4) is 0 Å². The molecule has 0 aliphatic heterocycles. The predicted molar refractivity (Wildman–Crippen MR) is 110 cm³/mol. The van der Waals surface area contributed by atoms with Crippen molar-refractivity contribution in [1.29, 1.82) is 0 Å². The summed E-state index contributed by atoms with van der Waals surface area (Å²) < 4.78 is 2.19. The van der Waals surface area contributed by atoms with Gasteiger partial charge in [0, 0.05) is 23.7 Å². The topological polar surface area (TPSA) is 43.6 Å². The number of hydrogen-bond donors (Lipinski definition) is 0. The number of aryl methyl sites for hydroxylation is 1. The van der Waals surface area contributed by atoms with E-state index in [4.69, 9.17) is 0 Å². The van der Waals surface area contributed by atoms with Crippen molar-refractivity contribution in [3.8, 4) is 11.4 Å². The van der Waals surface area contributed by atoms with Gasteiger partial charge in [0.15, 0.2) is 11.0 Å². The zero-order valence-electron chi connectivity index (χ0n) is 15.1. The van der Waals surface area contributed by atoms with E-state index in [0.717, 1.165) is 28.8 Å². The first-order valence-corrected chi connectivity index (χ1v) is 9.84. The summed E-state index contributed by atoms with van der Waals surface area (Å²) in [6, 6.07) is 22.8. The maximum atomic E-state index is 4.49. The average molecular weight is 372 g/mol. The molecule has 0 radical (unpaired) electrons. The largest absolute Gasteiger partial charge is 0.298 e. The van der Waals surface area contributed by atoms with Crippen LogP contribution < -0.4 is 0 Å². The summed E-state index contributed by atoms with van der Waals surface area (Å²) in [5.41, 5.74) is 4.87. The number of thioether (sulfide) groups is 1. The number of rotatable bonds is 6. The number of hydrogen-bond acceptors (Lipinski definition) is 4. The molecule has 0 atom stereocenters. The molecule has 0 aliphatic carbocycles. The lowest BCUT2D eigenvalue weighted by Crippen LogP contribution is -2.04. The summed E-state index contributed by atoms with van der Waals surface area (Å²) in [5, 5.41) is 9.90. The van der Waals surface area contributed by atoms with Crippen molar-refractivity contribution in [3.05, 3.63) is 95.8 Å². The van der Waals surface area contributed by atoms with Crippen molar-refractivity contribution in [2.45, 2.75) is 24.4 Å². The van der Waals surface area contributed by atoms with E-state index < -0.39 is 0 Å². The van der Waals surface area contributed by atoms with Crippen molar-refractivity contribution >= 4 is 11.8 Å². The normalized spacial score (nSPS) is 10.9. The van der Waals surface area contributed by atoms with Gasteiger partial charge in [-0.2, -0.15) is 0 Å². The molecular weight excluding hydrogens is 352 g/mol. The monoisotopic (exact) mass is 372 g/mol. The van der Waals surface area contributed by atoms with Crippen LogP contribution in [0.2, 0.25) is 0 Å². The molecule has 4 aromatic rings. The SMILES string of the molecule is Cc1ccccc1CSc1nnc(-c2ccncc2)n1Cc1ccccc1. The van der Waals surface area contributed by atoms with Gasteiger partial charge < -0.3 is 0 Å². The van der Waals surface area contributed by atoms with E-state index in [9.17, 15) is 0 Å². The molecule has 0 saturated heterocycles. The molecule has 4 rings (SSSR count). The fourth-order valence-electron chi connectivity index (χ4n) is 2.93. The van der Waals surface area contributed by atoms with Crippen LogP contribution in [0.5, 0.6) is 0 Å². The Kier molecular flexibility index (Phi) is 5.30. The van der Waals surface area contributed by atoms with Gasteiger partial charge in [-0.3, -0.25) is 9.55 Å². The van der Waals surface area contributed by atoms with Crippen molar-refractivity contribution in [2.75, 3.05) is 0 Å². The van der Waals surface area contributed by atoms with Crippen molar-refractivity contribution < 1.29 is 0 Å². The molecule has 2 aromatic heterocycles. The summed E-state index contributed by atoms with van der Waals surface area (Å²) in [5.74, 6) is 1.74. The number of benzene rings is 2. The van der Waals surface area contributed by atoms with E-state index in [1.165, 1.54) is 16.7 Å². The molecule has 5 heteroatoms. The fourth-order valence-corrected chi connectivity index (χ4v) is 3.95. The van der Waals surface area contributed by atoms with Gasteiger partial charge in [0.2, 0.25) is 0 Å². The van der Waals surface area contributed by atoms with E-state index >= 15 is 0 Å². The summed E-state index contributed by atoms with van der Waals surface area (Å²) in [6.45, 7) is 2.88. The Balaban J connectivity index is 1.66. The maximum absolute atomic E-state index is 4.49. The van der Waals surface area contributed by atoms with Crippen LogP contribution in [-0.2, 0) is 12.3 Å². The van der Waals surface area contributed by atoms with Gasteiger partial charge in [-0.15, -0.1) is 10.2 Å². The third kappa shape index (κ3) is 4.09. The summed E-state index contributed by atoms with van der Waals surface area (Å²) in [6.07, 6.45) is 3.58. The highest BCUT2D eigenvalue weighted by atomic mass is 32.2. The Labute approximate surface area is 163 Å². The number of nitrogens with zero attached hydrogens (tertiary/aromatic N) is 4. The second-order valence-electron chi connectivity index (χ2n) is 6.33. The molecule has 134 valence electrons. The molecule has 0 amide bonds. The summed E-state index contributed by atoms with van der Waals surface area (Å²) in [7, 11) is 0.